The molecule has 114 valence electrons. The van der Waals surface area contributed by atoms with Crippen molar-refractivity contribution in [2.24, 2.45) is 0 Å². The molecule has 0 bridgehead atoms. The zero-order chi connectivity index (χ0) is 15.5. The first-order valence-electron chi connectivity index (χ1n) is 7.26. The number of rotatable bonds is 2. The molecular weight excluding hydrogens is 280 g/mol. The maximum Gasteiger partial charge on any atom is 0.257 e. The molecular formula is C15H18N6O. The molecule has 7 heteroatoms. The monoisotopic (exact) mass is 298 g/mol. The van der Waals surface area contributed by atoms with Crippen LogP contribution in [0.1, 0.15) is 21.7 Å². The largest absolute Gasteiger partial charge is 0.337 e. The fourth-order valence-corrected chi connectivity index (χ4v) is 2.62. The molecule has 0 aliphatic carbocycles. The highest BCUT2D eigenvalue weighted by molar-refractivity contribution is 5.96. The van der Waals surface area contributed by atoms with Gasteiger partial charge in [0.1, 0.15) is 6.33 Å². The number of anilines is 1. The maximum absolute atomic E-state index is 12.7. The number of hydrogen-bond acceptors (Lipinski definition) is 6. The zero-order valence-electron chi connectivity index (χ0n) is 12.7. The van der Waals surface area contributed by atoms with Crippen molar-refractivity contribution in [3.05, 3.63) is 41.7 Å². The molecule has 1 aliphatic rings. The summed E-state index contributed by atoms with van der Waals surface area (Å²) in [6, 6.07) is 1.80. The molecule has 2 aromatic heterocycles. The van der Waals surface area contributed by atoms with Crippen LogP contribution in [-0.4, -0.2) is 56.9 Å². The van der Waals surface area contributed by atoms with Crippen LogP contribution >= 0.6 is 0 Å². The van der Waals surface area contributed by atoms with Gasteiger partial charge in [-0.1, -0.05) is 0 Å². The summed E-state index contributed by atoms with van der Waals surface area (Å²) in [5.41, 5.74) is 2.07. The summed E-state index contributed by atoms with van der Waals surface area (Å²) in [6.45, 7) is 6.42. The Morgan fingerprint density at radius 1 is 0.955 bits per heavy atom. The normalized spacial score (nSPS) is 15.0. The number of aryl methyl sites for hydroxylation is 2. The quantitative estimate of drug-likeness (QED) is 0.818. The Morgan fingerprint density at radius 2 is 1.55 bits per heavy atom. The summed E-state index contributed by atoms with van der Waals surface area (Å²) in [5.74, 6) is 0.717. The molecule has 1 aliphatic heterocycles. The molecule has 1 amide bonds. The first-order valence-corrected chi connectivity index (χ1v) is 7.26. The predicted molar refractivity (Wildman–Crippen MR) is 81.7 cm³/mol. The molecule has 0 unspecified atom stereocenters. The SMILES string of the molecule is Cc1ncnc(C)c1C(=O)N1CCN(c2ncccn2)CC1. The summed E-state index contributed by atoms with van der Waals surface area (Å²) in [6.07, 6.45) is 4.95. The lowest BCUT2D eigenvalue weighted by molar-refractivity contribution is 0.0743. The van der Waals surface area contributed by atoms with Crippen LogP contribution < -0.4 is 4.90 Å². The van der Waals surface area contributed by atoms with E-state index < -0.39 is 0 Å². The van der Waals surface area contributed by atoms with Crippen LogP contribution in [0.25, 0.3) is 0 Å². The van der Waals surface area contributed by atoms with Crippen LogP contribution in [0.3, 0.4) is 0 Å². The summed E-state index contributed by atoms with van der Waals surface area (Å²) in [7, 11) is 0. The van der Waals surface area contributed by atoms with Gasteiger partial charge in [-0.25, -0.2) is 19.9 Å². The van der Waals surface area contributed by atoms with Crippen LogP contribution in [0.15, 0.2) is 24.8 Å². The van der Waals surface area contributed by atoms with E-state index in [1.165, 1.54) is 6.33 Å². The van der Waals surface area contributed by atoms with E-state index in [1.54, 1.807) is 18.5 Å². The Balaban J connectivity index is 1.70. The summed E-state index contributed by atoms with van der Waals surface area (Å²) in [4.78, 5) is 33.4. The van der Waals surface area contributed by atoms with Crippen LogP contribution in [0.5, 0.6) is 0 Å². The number of nitrogens with zero attached hydrogens (tertiary/aromatic N) is 6. The van der Waals surface area contributed by atoms with Crippen molar-refractivity contribution in [2.45, 2.75) is 13.8 Å². The maximum atomic E-state index is 12.7. The molecule has 0 spiro atoms. The lowest BCUT2D eigenvalue weighted by atomic mass is 10.1. The fraction of sp³-hybridized carbons (Fsp3) is 0.400. The Morgan fingerprint density at radius 3 is 2.14 bits per heavy atom. The van der Waals surface area contributed by atoms with Gasteiger partial charge in [0.15, 0.2) is 0 Å². The van der Waals surface area contributed by atoms with E-state index in [2.05, 4.69) is 24.8 Å². The lowest BCUT2D eigenvalue weighted by Gasteiger charge is -2.35. The van der Waals surface area contributed by atoms with Crippen molar-refractivity contribution in [3.8, 4) is 0 Å². The minimum absolute atomic E-state index is 0.00392. The average molecular weight is 298 g/mol. The van der Waals surface area contributed by atoms with E-state index in [1.807, 2.05) is 18.7 Å². The molecule has 0 saturated carbocycles. The molecule has 1 fully saturated rings. The Labute approximate surface area is 129 Å². The van der Waals surface area contributed by atoms with E-state index in [4.69, 9.17) is 0 Å². The molecule has 0 atom stereocenters. The van der Waals surface area contributed by atoms with E-state index in [9.17, 15) is 4.79 Å². The molecule has 3 rings (SSSR count). The van der Waals surface area contributed by atoms with Crippen molar-refractivity contribution < 1.29 is 4.79 Å². The average Bonchev–Trinajstić information content (AvgIpc) is 2.55. The van der Waals surface area contributed by atoms with E-state index >= 15 is 0 Å². The topological polar surface area (TPSA) is 75.1 Å². The van der Waals surface area contributed by atoms with Gasteiger partial charge in [0.25, 0.3) is 5.91 Å². The third-order valence-electron chi connectivity index (χ3n) is 3.84. The van der Waals surface area contributed by atoms with Crippen LogP contribution in [0.4, 0.5) is 5.95 Å². The smallest absolute Gasteiger partial charge is 0.257 e. The van der Waals surface area contributed by atoms with Crippen molar-refractivity contribution in [3.63, 3.8) is 0 Å². The summed E-state index contributed by atoms with van der Waals surface area (Å²) in [5, 5.41) is 0. The molecule has 3 heterocycles. The minimum atomic E-state index is 0.00392. The van der Waals surface area contributed by atoms with E-state index in [-0.39, 0.29) is 5.91 Å². The second-order valence-corrected chi connectivity index (χ2v) is 5.25. The van der Waals surface area contributed by atoms with Crippen LogP contribution in [-0.2, 0) is 0 Å². The van der Waals surface area contributed by atoms with Gasteiger partial charge in [-0.15, -0.1) is 0 Å². The van der Waals surface area contributed by atoms with E-state index in [0.29, 0.717) is 24.6 Å². The minimum Gasteiger partial charge on any atom is -0.337 e. The van der Waals surface area contributed by atoms with Gasteiger partial charge in [-0.05, 0) is 19.9 Å². The third-order valence-corrected chi connectivity index (χ3v) is 3.84. The molecule has 1 saturated heterocycles. The van der Waals surface area contributed by atoms with Gasteiger partial charge in [0.2, 0.25) is 5.95 Å². The molecule has 2 aromatic rings. The number of hydrogen-bond donors (Lipinski definition) is 0. The molecule has 22 heavy (non-hydrogen) atoms. The van der Waals surface area contributed by atoms with Crippen LogP contribution in [0.2, 0.25) is 0 Å². The molecule has 7 nitrogen and oxygen atoms in total. The van der Waals surface area contributed by atoms with Crippen molar-refractivity contribution >= 4 is 11.9 Å². The van der Waals surface area contributed by atoms with E-state index in [0.717, 1.165) is 24.5 Å². The van der Waals surface area contributed by atoms with Gasteiger partial charge in [0.05, 0.1) is 17.0 Å². The Bertz CT molecular complexity index is 647. The Hall–Kier alpha value is -2.57. The first kappa shape index (κ1) is 14.4. The summed E-state index contributed by atoms with van der Waals surface area (Å²) >= 11 is 0. The number of amides is 1. The highest BCUT2D eigenvalue weighted by atomic mass is 16.2. The Kier molecular flexibility index (Phi) is 3.95. The van der Waals surface area contributed by atoms with Gasteiger partial charge >= 0.3 is 0 Å². The molecule has 0 radical (unpaired) electrons. The second-order valence-electron chi connectivity index (χ2n) is 5.25. The standard InChI is InChI=1S/C15H18N6O/c1-11-13(12(2)19-10-18-11)14(22)20-6-8-21(9-7-20)15-16-4-3-5-17-15/h3-5,10H,6-9H2,1-2H3. The predicted octanol–water partition coefficient (Wildman–Crippen LogP) is 0.846. The zero-order valence-corrected chi connectivity index (χ0v) is 12.7. The number of piperazine rings is 1. The third kappa shape index (κ3) is 2.74. The fourth-order valence-electron chi connectivity index (χ4n) is 2.62. The van der Waals surface area contributed by atoms with Crippen molar-refractivity contribution in [2.75, 3.05) is 31.1 Å². The highest BCUT2D eigenvalue weighted by Gasteiger charge is 2.25. The molecule has 0 N–H and O–H groups in total. The van der Waals surface area contributed by atoms with Gasteiger partial charge in [0, 0.05) is 38.6 Å². The first-order chi connectivity index (χ1) is 10.7. The van der Waals surface area contributed by atoms with Crippen LogP contribution in [0, 0.1) is 13.8 Å². The number of carbonyl (C=O) groups excluding carboxylic acids is 1. The number of aromatic nitrogens is 4. The molecule has 0 aromatic carbocycles. The van der Waals surface area contributed by atoms with Gasteiger partial charge in [-0.3, -0.25) is 4.79 Å². The highest BCUT2D eigenvalue weighted by Crippen LogP contribution is 2.15. The van der Waals surface area contributed by atoms with Crippen molar-refractivity contribution in [1.29, 1.82) is 0 Å². The van der Waals surface area contributed by atoms with Gasteiger partial charge in [-0.2, -0.15) is 0 Å². The second kappa shape index (κ2) is 6.05. The number of carbonyl (C=O) groups is 1. The lowest BCUT2D eigenvalue weighted by Crippen LogP contribution is -2.49. The van der Waals surface area contributed by atoms with Crippen molar-refractivity contribution in [1.82, 2.24) is 24.8 Å². The van der Waals surface area contributed by atoms with Gasteiger partial charge < -0.3 is 9.80 Å². The summed E-state index contributed by atoms with van der Waals surface area (Å²) < 4.78 is 0.